The first-order valence-electron chi connectivity index (χ1n) is 9.74. The minimum atomic E-state index is 0.452. The molecule has 0 radical (unpaired) electrons. The summed E-state index contributed by atoms with van der Waals surface area (Å²) in [7, 11) is 0. The molecule has 0 saturated heterocycles. The molecule has 4 fully saturated rings. The molecule has 4 bridgehead atoms. The predicted octanol–water partition coefficient (Wildman–Crippen LogP) is 6.68. The molecule has 0 aliphatic heterocycles. The van der Waals surface area contributed by atoms with Crippen molar-refractivity contribution in [1.82, 2.24) is 0 Å². The van der Waals surface area contributed by atoms with Crippen LogP contribution in [0.1, 0.15) is 49.7 Å². The molecule has 0 aromatic heterocycles. The summed E-state index contributed by atoms with van der Waals surface area (Å²) in [6.07, 6.45) is 8.73. The van der Waals surface area contributed by atoms with Gasteiger partial charge in [-0.25, -0.2) is 4.85 Å². The highest BCUT2D eigenvalue weighted by Crippen LogP contribution is 2.60. The maximum absolute atomic E-state index is 7.15. The number of hydrogen-bond acceptors (Lipinski definition) is 0. The van der Waals surface area contributed by atoms with Gasteiger partial charge in [0.1, 0.15) is 0 Å². The third-order valence-corrected chi connectivity index (χ3v) is 7.20. The van der Waals surface area contributed by atoms with Gasteiger partial charge in [0, 0.05) is 0 Å². The summed E-state index contributed by atoms with van der Waals surface area (Å²) in [5, 5.41) is 0. The van der Waals surface area contributed by atoms with E-state index in [0.29, 0.717) is 5.41 Å². The monoisotopic (exact) mass is 327 g/mol. The zero-order chi connectivity index (χ0) is 17.0. The van der Waals surface area contributed by atoms with Crippen molar-refractivity contribution >= 4 is 5.69 Å². The maximum atomic E-state index is 7.15. The van der Waals surface area contributed by atoms with E-state index in [4.69, 9.17) is 6.57 Å². The summed E-state index contributed by atoms with van der Waals surface area (Å²) in [5.74, 6) is 2.94. The van der Waals surface area contributed by atoms with Gasteiger partial charge in [-0.3, -0.25) is 0 Å². The Balaban J connectivity index is 1.56. The quantitative estimate of drug-likeness (QED) is 0.542. The van der Waals surface area contributed by atoms with E-state index in [2.05, 4.69) is 42.1 Å². The molecule has 0 spiro atoms. The molecular weight excluding hydrogens is 302 g/mol. The van der Waals surface area contributed by atoms with Crippen molar-refractivity contribution in [2.45, 2.75) is 50.9 Å². The fourth-order valence-electron chi connectivity index (χ4n) is 6.44. The summed E-state index contributed by atoms with van der Waals surface area (Å²) in [5.41, 5.74) is 6.69. The van der Waals surface area contributed by atoms with Crippen LogP contribution in [0.15, 0.2) is 42.5 Å². The minimum absolute atomic E-state index is 0.452. The number of nitrogens with zero attached hydrogens (tertiary/aromatic N) is 1. The molecule has 126 valence electrons. The normalized spacial score (nSPS) is 32.6. The molecule has 1 heteroatoms. The topological polar surface area (TPSA) is 4.36 Å². The van der Waals surface area contributed by atoms with Crippen molar-refractivity contribution in [3.63, 3.8) is 0 Å². The highest BCUT2D eigenvalue weighted by molar-refractivity contribution is 5.70. The van der Waals surface area contributed by atoms with E-state index in [1.807, 2.05) is 12.1 Å². The smallest absolute Gasteiger partial charge is 0.187 e. The van der Waals surface area contributed by atoms with Gasteiger partial charge in [0.15, 0.2) is 5.69 Å². The van der Waals surface area contributed by atoms with Gasteiger partial charge in [-0.1, -0.05) is 42.5 Å². The number of hydrogen-bond donors (Lipinski definition) is 0. The van der Waals surface area contributed by atoms with Crippen molar-refractivity contribution in [2.75, 3.05) is 0 Å². The van der Waals surface area contributed by atoms with Crippen LogP contribution in [0.2, 0.25) is 0 Å². The third kappa shape index (κ3) is 2.43. The zero-order valence-electron chi connectivity index (χ0n) is 15.0. The highest BCUT2D eigenvalue weighted by atomic mass is 14.6. The lowest BCUT2D eigenvalue weighted by Crippen LogP contribution is -2.48. The molecule has 4 aliphatic rings. The van der Waals surface area contributed by atoms with E-state index in [-0.39, 0.29) is 0 Å². The Labute approximate surface area is 150 Å². The summed E-state index contributed by atoms with van der Waals surface area (Å²) in [6.45, 7) is 9.36. The predicted molar refractivity (Wildman–Crippen MR) is 103 cm³/mol. The largest absolute Gasteiger partial charge is 0.238 e. The van der Waals surface area contributed by atoms with Crippen LogP contribution >= 0.6 is 0 Å². The minimum Gasteiger partial charge on any atom is -0.238 e. The average molecular weight is 327 g/mol. The molecule has 0 atom stereocenters. The summed E-state index contributed by atoms with van der Waals surface area (Å²) in [6, 6.07) is 15.3. The van der Waals surface area contributed by atoms with Crippen molar-refractivity contribution in [2.24, 2.45) is 17.8 Å². The Morgan fingerprint density at radius 1 is 0.880 bits per heavy atom. The standard InChI is InChI=1S/C24H25N/c1-16-3-6-21(12-23(16)20-4-7-22(25-2)8-5-20)24-13-17-9-18(14-24)11-19(10-17)15-24/h3-8,12,17-19H,9-11,13-15H2,1H3. The van der Waals surface area contributed by atoms with Crippen LogP contribution in [0.5, 0.6) is 0 Å². The molecule has 6 rings (SSSR count). The first-order valence-corrected chi connectivity index (χ1v) is 9.74. The molecule has 25 heavy (non-hydrogen) atoms. The van der Waals surface area contributed by atoms with Crippen LogP contribution in [-0.2, 0) is 5.41 Å². The second-order valence-corrected chi connectivity index (χ2v) is 8.89. The van der Waals surface area contributed by atoms with E-state index in [1.54, 1.807) is 5.56 Å². The first kappa shape index (κ1) is 15.2. The summed E-state index contributed by atoms with van der Waals surface area (Å²) in [4.78, 5) is 3.52. The zero-order valence-corrected chi connectivity index (χ0v) is 15.0. The van der Waals surface area contributed by atoms with E-state index in [0.717, 1.165) is 23.4 Å². The average Bonchev–Trinajstić information content (AvgIpc) is 2.61. The molecule has 4 saturated carbocycles. The Morgan fingerprint density at radius 3 is 2.04 bits per heavy atom. The van der Waals surface area contributed by atoms with E-state index in [9.17, 15) is 0 Å². The third-order valence-electron chi connectivity index (χ3n) is 7.20. The van der Waals surface area contributed by atoms with Crippen molar-refractivity contribution in [3.8, 4) is 11.1 Å². The fraction of sp³-hybridized carbons (Fsp3) is 0.458. The van der Waals surface area contributed by atoms with Gasteiger partial charge in [-0.2, -0.15) is 0 Å². The second kappa shape index (κ2) is 5.46. The van der Waals surface area contributed by atoms with Crippen LogP contribution in [-0.4, -0.2) is 0 Å². The molecule has 0 unspecified atom stereocenters. The molecule has 4 aliphatic carbocycles. The van der Waals surface area contributed by atoms with E-state index >= 15 is 0 Å². The van der Waals surface area contributed by atoms with Crippen LogP contribution in [0, 0.1) is 31.2 Å². The summed E-state index contributed by atoms with van der Waals surface area (Å²) < 4.78 is 0. The molecule has 0 heterocycles. The van der Waals surface area contributed by atoms with Gasteiger partial charge in [-0.05, 0) is 90.9 Å². The van der Waals surface area contributed by atoms with Gasteiger partial charge in [0.05, 0.1) is 6.57 Å². The Bertz CT molecular complexity index is 817. The molecule has 2 aromatic rings. The lowest BCUT2D eigenvalue weighted by Gasteiger charge is -2.57. The second-order valence-electron chi connectivity index (χ2n) is 8.89. The molecule has 0 amide bonds. The van der Waals surface area contributed by atoms with Crippen molar-refractivity contribution in [1.29, 1.82) is 0 Å². The van der Waals surface area contributed by atoms with Gasteiger partial charge in [0.2, 0.25) is 0 Å². The Morgan fingerprint density at radius 2 is 1.48 bits per heavy atom. The van der Waals surface area contributed by atoms with Gasteiger partial charge in [-0.15, -0.1) is 0 Å². The van der Waals surface area contributed by atoms with Crippen LogP contribution in [0.3, 0.4) is 0 Å². The first-order chi connectivity index (χ1) is 12.1. The van der Waals surface area contributed by atoms with Crippen LogP contribution in [0.25, 0.3) is 16.0 Å². The Hall–Kier alpha value is -2.07. The lowest BCUT2D eigenvalue weighted by atomic mass is 9.48. The van der Waals surface area contributed by atoms with Crippen molar-refractivity contribution < 1.29 is 0 Å². The molecule has 1 nitrogen and oxygen atoms in total. The van der Waals surface area contributed by atoms with Gasteiger partial charge < -0.3 is 0 Å². The SMILES string of the molecule is [C-]#[N+]c1ccc(-c2cc(C34CC5CC(CC(C5)C3)C4)ccc2C)cc1. The van der Waals surface area contributed by atoms with E-state index in [1.165, 1.54) is 55.2 Å². The number of aryl methyl sites for hydroxylation is 1. The Kier molecular flexibility index (Phi) is 3.32. The van der Waals surface area contributed by atoms with Crippen LogP contribution < -0.4 is 0 Å². The fourth-order valence-corrected chi connectivity index (χ4v) is 6.44. The highest BCUT2D eigenvalue weighted by Gasteiger charge is 2.51. The van der Waals surface area contributed by atoms with Gasteiger partial charge >= 0.3 is 0 Å². The molecule has 0 N–H and O–H groups in total. The number of benzene rings is 2. The number of rotatable bonds is 2. The molecular formula is C24H25N. The molecule has 2 aromatic carbocycles. The van der Waals surface area contributed by atoms with E-state index < -0.39 is 0 Å². The maximum Gasteiger partial charge on any atom is 0.187 e. The summed E-state index contributed by atoms with van der Waals surface area (Å²) >= 11 is 0. The lowest BCUT2D eigenvalue weighted by molar-refractivity contribution is -0.00517. The van der Waals surface area contributed by atoms with Crippen molar-refractivity contribution in [3.05, 3.63) is 65.0 Å². The van der Waals surface area contributed by atoms with Gasteiger partial charge in [0.25, 0.3) is 0 Å². The van der Waals surface area contributed by atoms with Crippen LogP contribution in [0.4, 0.5) is 5.69 Å².